The number of phosphoric acid groups is 1. The minimum absolute atomic E-state index is 0.0529. The van der Waals surface area contributed by atoms with E-state index in [0.29, 0.717) is 6.42 Å². The lowest BCUT2D eigenvalue weighted by Gasteiger charge is -2.19. The standard InChI is InChI=1S/C63H122NO8P/c1-3-5-7-9-11-13-15-17-19-21-22-23-24-25-26-27-28-29-30-31-32-33-34-35-36-37-38-39-40-42-43-45-47-49-51-53-55-62(65)69-59-61(60-71-73(67,68)70-58-57-64)72-63(66)56-54-52-50-48-46-44-41-20-18-16-14-12-10-8-6-4-2/h14,16,20,41,61H,3-13,15,17-19,21-40,42-60,64H2,1-2H3,(H,67,68)/b16-14-,41-20-. The topological polar surface area (TPSA) is 134 Å². The summed E-state index contributed by atoms with van der Waals surface area (Å²) in [4.78, 5) is 35.2. The second-order valence-electron chi connectivity index (χ2n) is 21.6. The predicted octanol–water partition coefficient (Wildman–Crippen LogP) is 20.2. The molecule has 10 heteroatoms. The van der Waals surface area contributed by atoms with Gasteiger partial charge in [-0.25, -0.2) is 4.57 Å². The van der Waals surface area contributed by atoms with Crippen LogP contribution in [0.1, 0.15) is 335 Å². The second kappa shape index (κ2) is 59.7. The zero-order valence-electron chi connectivity index (χ0n) is 48.4. The highest BCUT2D eigenvalue weighted by atomic mass is 31.2. The Bertz CT molecular complexity index is 1250. The maximum Gasteiger partial charge on any atom is 0.472 e. The SMILES string of the molecule is CCCCCC/C=C\C/C=C\CCCCCCCC(=O)OC(COC(=O)CCCCCCCCCCCCCCCCCCCCCCCCCCCCCCCCCCCCCC)COP(=O)(O)OCCN. The van der Waals surface area contributed by atoms with E-state index in [-0.39, 0.29) is 38.6 Å². The predicted molar refractivity (Wildman–Crippen MR) is 312 cm³/mol. The Morgan fingerprint density at radius 1 is 0.411 bits per heavy atom. The van der Waals surface area contributed by atoms with Crippen molar-refractivity contribution < 1.29 is 37.6 Å². The molecule has 0 aromatic carbocycles. The van der Waals surface area contributed by atoms with Crippen LogP contribution in [0.2, 0.25) is 0 Å². The van der Waals surface area contributed by atoms with Crippen LogP contribution in [-0.2, 0) is 32.7 Å². The van der Waals surface area contributed by atoms with Crippen LogP contribution in [0.4, 0.5) is 0 Å². The molecule has 0 heterocycles. The van der Waals surface area contributed by atoms with Gasteiger partial charge in [0.1, 0.15) is 6.61 Å². The van der Waals surface area contributed by atoms with Crippen LogP contribution >= 0.6 is 7.82 Å². The number of rotatable bonds is 61. The molecule has 0 radical (unpaired) electrons. The lowest BCUT2D eigenvalue weighted by atomic mass is 10.0. The molecule has 2 unspecified atom stereocenters. The molecule has 0 bridgehead atoms. The number of esters is 2. The van der Waals surface area contributed by atoms with Crippen LogP contribution in [0.3, 0.4) is 0 Å². The number of carbonyl (C=O) groups is 2. The fraction of sp³-hybridized carbons (Fsp3) is 0.905. The first-order valence-corrected chi connectivity index (χ1v) is 33.3. The molecule has 0 aliphatic carbocycles. The molecule has 9 nitrogen and oxygen atoms in total. The highest BCUT2D eigenvalue weighted by molar-refractivity contribution is 7.47. The molecule has 0 rings (SSSR count). The molecule has 0 aromatic heterocycles. The Labute approximate surface area is 452 Å². The number of ether oxygens (including phenoxy) is 2. The van der Waals surface area contributed by atoms with Crippen molar-refractivity contribution in [3.05, 3.63) is 24.3 Å². The molecule has 0 saturated heterocycles. The number of hydrogen-bond acceptors (Lipinski definition) is 8. The third kappa shape index (κ3) is 59.6. The van der Waals surface area contributed by atoms with Gasteiger partial charge in [0.05, 0.1) is 13.2 Å². The number of carbonyl (C=O) groups excluding carboxylic acids is 2. The monoisotopic (exact) mass is 1050 g/mol. The summed E-state index contributed by atoms with van der Waals surface area (Å²) in [5, 5.41) is 0. The highest BCUT2D eigenvalue weighted by Gasteiger charge is 2.26. The summed E-state index contributed by atoms with van der Waals surface area (Å²) in [7, 11) is -4.39. The summed E-state index contributed by atoms with van der Waals surface area (Å²) >= 11 is 0. The van der Waals surface area contributed by atoms with Crippen molar-refractivity contribution >= 4 is 19.8 Å². The third-order valence-electron chi connectivity index (χ3n) is 14.3. The summed E-state index contributed by atoms with van der Waals surface area (Å²) in [5.74, 6) is -0.827. The van der Waals surface area contributed by atoms with Crippen molar-refractivity contribution in [1.82, 2.24) is 0 Å². The Hall–Kier alpha value is -1.51. The van der Waals surface area contributed by atoms with E-state index in [9.17, 15) is 19.0 Å². The van der Waals surface area contributed by atoms with E-state index in [1.54, 1.807) is 0 Å². The van der Waals surface area contributed by atoms with Gasteiger partial charge >= 0.3 is 19.8 Å². The van der Waals surface area contributed by atoms with E-state index >= 15 is 0 Å². The first-order chi connectivity index (χ1) is 35.8. The first kappa shape index (κ1) is 71.5. The Morgan fingerprint density at radius 3 is 1.05 bits per heavy atom. The molecule has 2 atom stereocenters. The van der Waals surface area contributed by atoms with Gasteiger partial charge in [0.25, 0.3) is 0 Å². The van der Waals surface area contributed by atoms with Gasteiger partial charge in [-0.15, -0.1) is 0 Å². The minimum Gasteiger partial charge on any atom is -0.462 e. The van der Waals surface area contributed by atoms with Gasteiger partial charge in [-0.05, 0) is 44.9 Å². The molecule has 0 fully saturated rings. The molecule has 432 valence electrons. The van der Waals surface area contributed by atoms with Crippen molar-refractivity contribution in [3.8, 4) is 0 Å². The van der Waals surface area contributed by atoms with E-state index in [2.05, 4.69) is 38.2 Å². The van der Waals surface area contributed by atoms with Crippen LogP contribution in [0.15, 0.2) is 24.3 Å². The molecular formula is C63H122NO8P. The van der Waals surface area contributed by atoms with E-state index in [1.165, 1.54) is 244 Å². The summed E-state index contributed by atoms with van der Waals surface area (Å²) in [6.45, 7) is 3.76. The van der Waals surface area contributed by atoms with E-state index in [4.69, 9.17) is 24.3 Å². The number of allylic oxidation sites excluding steroid dienone is 4. The number of hydrogen-bond donors (Lipinski definition) is 2. The van der Waals surface area contributed by atoms with Crippen LogP contribution in [0.5, 0.6) is 0 Å². The fourth-order valence-electron chi connectivity index (χ4n) is 9.61. The maximum atomic E-state index is 12.7. The quantitative estimate of drug-likeness (QED) is 0.0264. The van der Waals surface area contributed by atoms with Crippen LogP contribution in [0.25, 0.3) is 0 Å². The smallest absolute Gasteiger partial charge is 0.462 e. The Kier molecular flexibility index (Phi) is 58.5. The van der Waals surface area contributed by atoms with Crippen LogP contribution < -0.4 is 5.73 Å². The second-order valence-corrected chi connectivity index (χ2v) is 23.1. The minimum atomic E-state index is -4.39. The van der Waals surface area contributed by atoms with Crippen molar-refractivity contribution in [1.29, 1.82) is 0 Å². The van der Waals surface area contributed by atoms with E-state index < -0.39 is 26.5 Å². The van der Waals surface area contributed by atoms with Gasteiger partial charge in [0.15, 0.2) is 6.10 Å². The largest absolute Gasteiger partial charge is 0.472 e. The van der Waals surface area contributed by atoms with Crippen LogP contribution in [-0.4, -0.2) is 49.3 Å². The van der Waals surface area contributed by atoms with E-state index in [0.717, 1.165) is 57.8 Å². The van der Waals surface area contributed by atoms with Crippen molar-refractivity contribution in [2.24, 2.45) is 5.73 Å². The molecule has 0 spiro atoms. The van der Waals surface area contributed by atoms with Gasteiger partial charge in [-0.3, -0.25) is 18.6 Å². The number of phosphoric ester groups is 1. The average molecular weight is 1050 g/mol. The normalized spacial score (nSPS) is 13.1. The molecule has 0 saturated carbocycles. The molecule has 0 aliphatic heterocycles. The number of unbranched alkanes of at least 4 members (excludes halogenated alkanes) is 44. The molecule has 73 heavy (non-hydrogen) atoms. The van der Waals surface area contributed by atoms with Gasteiger partial charge in [-0.2, -0.15) is 0 Å². The van der Waals surface area contributed by atoms with E-state index in [1.807, 2.05) is 0 Å². The number of nitrogens with two attached hydrogens (primary N) is 1. The molecule has 0 aliphatic rings. The van der Waals surface area contributed by atoms with Crippen molar-refractivity contribution in [2.75, 3.05) is 26.4 Å². The van der Waals surface area contributed by atoms with Crippen molar-refractivity contribution in [3.63, 3.8) is 0 Å². The Morgan fingerprint density at radius 2 is 0.712 bits per heavy atom. The lowest BCUT2D eigenvalue weighted by Crippen LogP contribution is -2.29. The summed E-state index contributed by atoms with van der Waals surface area (Å²) in [6, 6.07) is 0. The highest BCUT2D eigenvalue weighted by Crippen LogP contribution is 2.43. The summed E-state index contributed by atoms with van der Waals surface area (Å²) in [5.41, 5.74) is 5.38. The molecule has 0 aromatic rings. The van der Waals surface area contributed by atoms with Gasteiger partial charge in [-0.1, -0.05) is 301 Å². The van der Waals surface area contributed by atoms with Crippen molar-refractivity contribution in [2.45, 2.75) is 341 Å². The summed E-state index contributed by atoms with van der Waals surface area (Å²) in [6.07, 6.45) is 71.4. The van der Waals surface area contributed by atoms with Gasteiger partial charge in [0.2, 0.25) is 0 Å². The average Bonchev–Trinajstić information content (AvgIpc) is 3.38. The van der Waals surface area contributed by atoms with Gasteiger partial charge in [0, 0.05) is 19.4 Å². The maximum absolute atomic E-state index is 12.7. The molecule has 0 amide bonds. The fourth-order valence-corrected chi connectivity index (χ4v) is 10.4. The molecular weight excluding hydrogens is 930 g/mol. The zero-order valence-corrected chi connectivity index (χ0v) is 49.3. The van der Waals surface area contributed by atoms with Crippen LogP contribution in [0, 0.1) is 0 Å². The molecule has 3 N–H and O–H groups in total. The van der Waals surface area contributed by atoms with Gasteiger partial charge < -0.3 is 20.1 Å². The third-order valence-corrected chi connectivity index (χ3v) is 15.3. The zero-order chi connectivity index (χ0) is 53.1. The summed E-state index contributed by atoms with van der Waals surface area (Å²) < 4.78 is 33.0. The Balaban J connectivity index is 3.76. The lowest BCUT2D eigenvalue weighted by molar-refractivity contribution is -0.161. The first-order valence-electron chi connectivity index (χ1n) is 31.8.